The first-order chi connectivity index (χ1) is 20.1. The Hall–Kier alpha value is -2.36. The lowest BCUT2D eigenvalue weighted by atomic mass is 9.84. The number of amides is 1. The Morgan fingerprint density at radius 1 is 1.02 bits per heavy atom. The minimum absolute atomic E-state index is 0.189. The fourth-order valence-corrected chi connectivity index (χ4v) is 8.13. The van der Waals surface area contributed by atoms with Gasteiger partial charge in [0.2, 0.25) is 0 Å². The molecule has 0 bridgehead atoms. The Morgan fingerprint density at radius 2 is 1.74 bits per heavy atom. The van der Waals surface area contributed by atoms with E-state index in [0.717, 1.165) is 46.7 Å². The number of carboxylic acid groups (broad SMARTS) is 1. The molecule has 0 spiro atoms. The monoisotopic (exact) mass is 614 g/mol. The van der Waals surface area contributed by atoms with Gasteiger partial charge >= 0.3 is 5.97 Å². The summed E-state index contributed by atoms with van der Waals surface area (Å²) in [5, 5.41) is 12.3. The second-order valence-electron chi connectivity index (χ2n) is 12.2. The molecule has 2 aromatic rings. The van der Waals surface area contributed by atoms with Crippen LogP contribution in [0.1, 0.15) is 79.3 Å². The molecule has 1 aliphatic heterocycles. The van der Waals surface area contributed by atoms with Crippen LogP contribution in [-0.4, -0.2) is 72.4 Å². The molecule has 2 fully saturated rings. The summed E-state index contributed by atoms with van der Waals surface area (Å²) in [5.74, 6) is -0.159. The van der Waals surface area contributed by atoms with Crippen molar-refractivity contribution in [3.63, 3.8) is 0 Å². The number of carbonyl (C=O) groups excluding carboxylic acids is 1. The minimum atomic E-state index is -3.37. The number of benzene rings is 2. The number of hydrogen-bond donors (Lipinski definition) is 2. The number of hydrogen-bond acceptors (Lipinski definition) is 6. The predicted octanol–water partition coefficient (Wildman–Crippen LogP) is 5.95. The van der Waals surface area contributed by atoms with Gasteiger partial charge in [-0.3, -0.25) is 9.69 Å². The molecule has 3 atom stereocenters. The molecule has 1 saturated carbocycles. The van der Waals surface area contributed by atoms with Crippen molar-refractivity contribution >= 4 is 33.5 Å². The largest absolute Gasteiger partial charge is 0.480 e. The van der Waals surface area contributed by atoms with Crippen molar-refractivity contribution in [3.8, 4) is 11.1 Å². The Morgan fingerprint density at radius 3 is 2.40 bits per heavy atom. The zero-order valence-corrected chi connectivity index (χ0v) is 26.8. The first-order valence-corrected chi connectivity index (χ1v) is 18.7. The van der Waals surface area contributed by atoms with Crippen LogP contribution in [-0.2, 0) is 21.2 Å². The quantitative estimate of drug-likeness (QED) is 0.288. The van der Waals surface area contributed by atoms with Crippen LogP contribution in [0.3, 0.4) is 0 Å². The van der Waals surface area contributed by atoms with Gasteiger partial charge in [-0.15, -0.1) is 0 Å². The third kappa shape index (κ3) is 8.83. The van der Waals surface area contributed by atoms with E-state index in [1.54, 1.807) is 6.07 Å². The third-order valence-corrected chi connectivity index (χ3v) is 10.7. The number of sulfone groups is 1. The fraction of sp³-hybridized carbons (Fsp3) is 0.576. The van der Waals surface area contributed by atoms with Gasteiger partial charge in [-0.1, -0.05) is 62.4 Å². The maximum Gasteiger partial charge on any atom is 0.326 e. The normalized spacial score (nSPS) is 20.8. The van der Waals surface area contributed by atoms with E-state index in [1.165, 1.54) is 51.4 Å². The highest BCUT2D eigenvalue weighted by Gasteiger charge is 2.35. The average Bonchev–Trinajstić information content (AvgIpc) is 3.31. The van der Waals surface area contributed by atoms with Crippen molar-refractivity contribution in [1.29, 1.82) is 0 Å². The number of nitrogens with zero attached hydrogens (tertiary/aromatic N) is 1. The van der Waals surface area contributed by atoms with Gasteiger partial charge in [0.25, 0.3) is 5.91 Å². The molecule has 230 valence electrons. The van der Waals surface area contributed by atoms with E-state index >= 15 is 0 Å². The fourth-order valence-electron chi connectivity index (χ4n) is 6.73. The van der Waals surface area contributed by atoms with E-state index in [2.05, 4.69) is 22.5 Å². The topological polar surface area (TPSA) is 104 Å². The molecule has 0 radical (unpaired) electrons. The number of aliphatic carboxylic acids is 1. The highest BCUT2D eigenvalue weighted by molar-refractivity contribution is 7.98. The summed E-state index contributed by atoms with van der Waals surface area (Å²) in [7, 11) is -3.37. The van der Waals surface area contributed by atoms with E-state index < -0.39 is 27.8 Å². The summed E-state index contributed by atoms with van der Waals surface area (Å²) in [6.45, 7) is 2.82. The second kappa shape index (κ2) is 14.9. The van der Waals surface area contributed by atoms with Crippen molar-refractivity contribution in [1.82, 2.24) is 10.2 Å². The van der Waals surface area contributed by atoms with E-state index in [9.17, 15) is 23.1 Å². The lowest BCUT2D eigenvalue weighted by Crippen LogP contribution is -2.42. The zero-order valence-electron chi connectivity index (χ0n) is 25.2. The average molecular weight is 615 g/mol. The number of aryl methyl sites for hydroxylation is 1. The maximum atomic E-state index is 13.5. The summed E-state index contributed by atoms with van der Waals surface area (Å²) in [6.07, 6.45) is 13.5. The molecule has 2 aliphatic rings. The number of rotatable bonds is 13. The summed E-state index contributed by atoms with van der Waals surface area (Å²) < 4.78 is 23.3. The van der Waals surface area contributed by atoms with Gasteiger partial charge in [-0.2, -0.15) is 11.8 Å². The number of nitrogens with one attached hydrogen (secondary N) is 1. The van der Waals surface area contributed by atoms with Crippen molar-refractivity contribution in [2.45, 2.75) is 89.4 Å². The SMILES string of the molecule is CSC[C@@H]1CC[C@H](CC2CCCCC2)N1Cc1ccc(C(=O)N[C@@H](CCS(C)(=O)=O)C(=O)O)c(-c2ccccc2C)c1. The number of carboxylic acids is 1. The Bertz CT molecular complexity index is 1340. The molecule has 7 nitrogen and oxygen atoms in total. The van der Waals surface area contributed by atoms with Crippen LogP contribution in [0.25, 0.3) is 11.1 Å². The summed E-state index contributed by atoms with van der Waals surface area (Å²) in [6, 6.07) is 13.6. The number of likely N-dealkylation sites (tertiary alicyclic amines) is 1. The second-order valence-corrected chi connectivity index (χ2v) is 15.4. The van der Waals surface area contributed by atoms with E-state index in [4.69, 9.17) is 0 Å². The molecule has 1 aliphatic carbocycles. The van der Waals surface area contributed by atoms with Crippen LogP contribution in [0.15, 0.2) is 42.5 Å². The Balaban J connectivity index is 1.62. The smallest absolute Gasteiger partial charge is 0.326 e. The van der Waals surface area contributed by atoms with E-state index in [1.807, 2.05) is 49.0 Å². The number of thioether (sulfide) groups is 1. The first-order valence-electron chi connectivity index (χ1n) is 15.2. The Kier molecular flexibility index (Phi) is 11.5. The molecule has 0 aromatic heterocycles. The van der Waals surface area contributed by atoms with Crippen LogP contribution in [0.5, 0.6) is 0 Å². The highest BCUT2D eigenvalue weighted by atomic mass is 32.2. The minimum Gasteiger partial charge on any atom is -0.480 e. The molecular weight excluding hydrogens is 569 g/mol. The third-order valence-electron chi connectivity index (χ3n) is 8.97. The van der Waals surface area contributed by atoms with Crippen LogP contribution in [0.4, 0.5) is 0 Å². The lowest BCUT2D eigenvalue weighted by Gasteiger charge is -2.33. The summed E-state index contributed by atoms with van der Waals surface area (Å²) in [5.41, 5.74) is 4.23. The van der Waals surface area contributed by atoms with Crippen LogP contribution >= 0.6 is 11.8 Å². The van der Waals surface area contributed by atoms with E-state index in [0.29, 0.717) is 17.6 Å². The molecule has 1 saturated heterocycles. The summed E-state index contributed by atoms with van der Waals surface area (Å²) in [4.78, 5) is 28.1. The van der Waals surface area contributed by atoms with Crippen LogP contribution in [0, 0.1) is 12.8 Å². The Labute approximate surface area is 255 Å². The molecular formula is C33H46N2O5S2. The standard InChI is InChI=1S/C33H46N2O5S2/c1-23-9-7-8-12-28(23)30-20-25(13-16-29(30)32(36)34-31(33(37)38)17-18-42(3,39)40)21-35-26(14-15-27(35)22-41-2)19-24-10-5-4-6-11-24/h7-9,12-13,16,20,24,26-27,31H,4-6,10-11,14-15,17-19,21-22H2,1-3H3,(H,34,36)(H,37,38)/t26-,27+,31+/m1/s1. The van der Waals surface area contributed by atoms with Crippen LogP contribution in [0.2, 0.25) is 0 Å². The van der Waals surface area contributed by atoms with Crippen molar-refractivity contribution in [3.05, 3.63) is 59.2 Å². The van der Waals surface area contributed by atoms with Gasteiger partial charge in [0.15, 0.2) is 0 Å². The van der Waals surface area contributed by atoms with Gasteiger partial charge in [0, 0.05) is 36.2 Å². The molecule has 0 unspecified atom stereocenters. The molecule has 2 aromatic carbocycles. The number of carbonyl (C=O) groups is 2. The van der Waals surface area contributed by atoms with Crippen molar-refractivity contribution in [2.75, 3.05) is 24.0 Å². The molecule has 2 N–H and O–H groups in total. The predicted molar refractivity (Wildman–Crippen MR) is 172 cm³/mol. The molecule has 1 amide bonds. The van der Waals surface area contributed by atoms with Crippen LogP contribution < -0.4 is 5.32 Å². The maximum absolute atomic E-state index is 13.5. The van der Waals surface area contributed by atoms with Crippen molar-refractivity contribution in [2.24, 2.45) is 5.92 Å². The van der Waals surface area contributed by atoms with Gasteiger partial charge < -0.3 is 10.4 Å². The van der Waals surface area contributed by atoms with Gasteiger partial charge in [-0.05, 0) is 79.2 Å². The molecule has 9 heteroatoms. The zero-order chi connectivity index (χ0) is 30.3. The van der Waals surface area contributed by atoms with Crippen molar-refractivity contribution < 1.29 is 23.1 Å². The first kappa shape index (κ1) is 32.6. The lowest BCUT2D eigenvalue weighted by molar-refractivity contribution is -0.139. The van der Waals surface area contributed by atoms with Gasteiger partial charge in [-0.25, -0.2) is 13.2 Å². The molecule has 42 heavy (non-hydrogen) atoms. The van der Waals surface area contributed by atoms with E-state index in [-0.39, 0.29) is 12.2 Å². The molecule has 1 heterocycles. The van der Waals surface area contributed by atoms with Gasteiger partial charge in [0.05, 0.1) is 5.75 Å². The molecule has 4 rings (SSSR count). The van der Waals surface area contributed by atoms with Gasteiger partial charge in [0.1, 0.15) is 15.9 Å². The highest BCUT2D eigenvalue weighted by Crippen LogP contribution is 2.37. The summed E-state index contributed by atoms with van der Waals surface area (Å²) >= 11 is 1.90.